The molecule has 0 bridgehead atoms. The predicted octanol–water partition coefficient (Wildman–Crippen LogP) is 3.87. The molecule has 0 unspecified atom stereocenters. The van der Waals surface area contributed by atoms with Crippen LogP contribution in [0.15, 0.2) is 70.8 Å². The number of thiophene rings is 1. The van der Waals surface area contributed by atoms with Crippen LogP contribution < -0.4 is 10.3 Å². The van der Waals surface area contributed by atoms with Gasteiger partial charge in [0.05, 0.1) is 10.9 Å². The number of aromatic amines is 1. The van der Waals surface area contributed by atoms with Crippen molar-refractivity contribution in [1.82, 2.24) is 9.97 Å². The first-order valence-corrected chi connectivity index (χ1v) is 8.44. The molecule has 0 aliphatic heterocycles. The molecule has 0 spiro atoms. The summed E-state index contributed by atoms with van der Waals surface area (Å²) in [6.45, 7) is 0. The fourth-order valence-electron chi connectivity index (χ4n) is 2.46. The Hall–Kier alpha value is -3.25. The van der Waals surface area contributed by atoms with E-state index in [9.17, 15) is 9.59 Å². The summed E-state index contributed by atoms with van der Waals surface area (Å²) in [6, 6.07) is 17.5. The van der Waals surface area contributed by atoms with E-state index in [1.165, 1.54) is 11.3 Å². The average Bonchev–Trinajstić information content (AvgIpc) is 3.17. The molecule has 0 aliphatic carbocycles. The quantitative estimate of drug-likeness (QED) is 0.451. The number of fused-ring (bicyclic) bond motifs is 1. The maximum atomic E-state index is 12.2. The van der Waals surface area contributed by atoms with Gasteiger partial charge in [0.2, 0.25) is 0 Å². The summed E-state index contributed by atoms with van der Waals surface area (Å²) in [4.78, 5) is 31.9. The van der Waals surface area contributed by atoms with Crippen LogP contribution in [-0.2, 0) is 0 Å². The van der Waals surface area contributed by atoms with Gasteiger partial charge in [-0.15, -0.1) is 11.3 Å². The Morgan fingerprint density at radius 3 is 2.56 bits per heavy atom. The zero-order chi connectivity index (χ0) is 17.2. The summed E-state index contributed by atoms with van der Waals surface area (Å²) >= 11 is 1.33. The second-order valence-corrected chi connectivity index (χ2v) is 6.27. The topological polar surface area (TPSA) is 72.0 Å². The van der Waals surface area contributed by atoms with E-state index in [0.717, 1.165) is 5.56 Å². The molecule has 5 nitrogen and oxygen atoms in total. The molecule has 0 saturated carbocycles. The van der Waals surface area contributed by atoms with Gasteiger partial charge in [-0.1, -0.05) is 18.2 Å². The molecular weight excluding hydrogens is 336 g/mol. The number of para-hydroxylation sites is 1. The van der Waals surface area contributed by atoms with Gasteiger partial charge in [-0.25, -0.2) is 9.78 Å². The molecule has 0 saturated heterocycles. The lowest BCUT2D eigenvalue weighted by molar-refractivity contribution is 0.0740. The first kappa shape index (κ1) is 15.3. The van der Waals surface area contributed by atoms with E-state index in [1.54, 1.807) is 54.6 Å². The van der Waals surface area contributed by atoms with Gasteiger partial charge in [-0.05, 0) is 47.8 Å². The number of rotatable bonds is 3. The van der Waals surface area contributed by atoms with Crippen LogP contribution in [0.5, 0.6) is 5.75 Å². The van der Waals surface area contributed by atoms with Gasteiger partial charge in [0, 0.05) is 5.56 Å². The van der Waals surface area contributed by atoms with Crippen molar-refractivity contribution in [2.24, 2.45) is 0 Å². The number of aromatic nitrogens is 2. The summed E-state index contributed by atoms with van der Waals surface area (Å²) in [5.74, 6) is 0.519. The Labute approximate surface area is 146 Å². The van der Waals surface area contributed by atoms with Crippen LogP contribution in [0.1, 0.15) is 9.67 Å². The van der Waals surface area contributed by atoms with Crippen LogP contribution in [0.4, 0.5) is 0 Å². The number of carbonyl (C=O) groups is 1. The number of benzene rings is 2. The standard InChI is InChI=1S/C19H12N2O3S/c22-18-14-4-1-2-5-15(14)20-17(21-18)12-7-9-13(10-8-12)24-19(23)16-6-3-11-25-16/h1-11H,(H,20,21,22). The summed E-state index contributed by atoms with van der Waals surface area (Å²) in [5.41, 5.74) is 1.18. The molecule has 4 rings (SSSR count). The zero-order valence-electron chi connectivity index (χ0n) is 12.9. The molecule has 2 aromatic heterocycles. The highest BCUT2D eigenvalue weighted by atomic mass is 32.1. The number of hydrogen-bond donors (Lipinski definition) is 1. The molecule has 0 aliphatic rings. The first-order valence-electron chi connectivity index (χ1n) is 7.56. The van der Waals surface area contributed by atoms with Gasteiger partial charge in [0.1, 0.15) is 16.5 Å². The Kier molecular flexibility index (Phi) is 3.87. The average molecular weight is 348 g/mol. The van der Waals surface area contributed by atoms with Crippen molar-refractivity contribution in [3.05, 3.63) is 81.3 Å². The van der Waals surface area contributed by atoms with Gasteiger partial charge in [0.15, 0.2) is 0 Å². The van der Waals surface area contributed by atoms with Gasteiger partial charge in [-0.2, -0.15) is 0 Å². The monoisotopic (exact) mass is 348 g/mol. The van der Waals surface area contributed by atoms with E-state index in [-0.39, 0.29) is 11.5 Å². The number of carbonyl (C=O) groups excluding carboxylic acids is 1. The number of nitrogens with zero attached hydrogens (tertiary/aromatic N) is 1. The van der Waals surface area contributed by atoms with Crippen molar-refractivity contribution in [3.8, 4) is 17.1 Å². The van der Waals surface area contributed by atoms with Gasteiger partial charge in [0.25, 0.3) is 5.56 Å². The second-order valence-electron chi connectivity index (χ2n) is 5.32. The molecule has 2 heterocycles. The summed E-state index contributed by atoms with van der Waals surface area (Å²) < 4.78 is 5.32. The van der Waals surface area contributed by atoms with E-state index in [1.807, 2.05) is 11.4 Å². The van der Waals surface area contributed by atoms with Crippen molar-refractivity contribution >= 4 is 28.2 Å². The fourth-order valence-corrected chi connectivity index (χ4v) is 3.05. The molecule has 0 radical (unpaired) electrons. The lowest BCUT2D eigenvalue weighted by Gasteiger charge is -2.05. The molecule has 122 valence electrons. The van der Waals surface area contributed by atoms with E-state index in [0.29, 0.717) is 27.4 Å². The third kappa shape index (κ3) is 3.07. The van der Waals surface area contributed by atoms with Crippen LogP contribution in [0, 0.1) is 0 Å². The van der Waals surface area contributed by atoms with Crippen molar-refractivity contribution in [1.29, 1.82) is 0 Å². The van der Waals surface area contributed by atoms with Crippen molar-refractivity contribution in [2.75, 3.05) is 0 Å². The second kappa shape index (κ2) is 6.33. The molecule has 1 N–H and O–H groups in total. The van der Waals surface area contributed by atoms with Crippen molar-refractivity contribution in [2.45, 2.75) is 0 Å². The third-order valence-electron chi connectivity index (χ3n) is 3.67. The SMILES string of the molecule is O=C(Oc1ccc(-c2nc3ccccc3c(=O)[nH]2)cc1)c1cccs1. The Morgan fingerprint density at radius 2 is 1.80 bits per heavy atom. The Morgan fingerprint density at radius 1 is 1.00 bits per heavy atom. The van der Waals surface area contributed by atoms with Crippen LogP contribution in [0.3, 0.4) is 0 Å². The molecule has 0 atom stereocenters. The molecule has 0 amide bonds. The summed E-state index contributed by atoms with van der Waals surface area (Å²) in [6.07, 6.45) is 0. The molecule has 6 heteroatoms. The number of ether oxygens (including phenoxy) is 1. The van der Waals surface area contributed by atoms with Gasteiger partial charge >= 0.3 is 5.97 Å². The number of nitrogens with one attached hydrogen (secondary N) is 1. The molecule has 25 heavy (non-hydrogen) atoms. The Balaban J connectivity index is 1.62. The maximum Gasteiger partial charge on any atom is 0.353 e. The fraction of sp³-hybridized carbons (Fsp3) is 0. The van der Waals surface area contributed by atoms with E-state index >= 15 is 0 Å². The maximum absolute atomic E-state index is 12.2. The lowest BCUT2D eigenvalue weighted by Crippen LogP contribution is -2.09. The minimum Gasteiger partial charge on any atom is -0.422 e. The van der Waals surface area contributed by atoms with Crippen LogP contribution >= 0.6 is 11.3 Å². The highest BCUT2D eigenvalue weighted by Gasteiger charge is 2.10. The predicted molar refractivity (Wildman–Crippen MR) is 97.1 cm³/mol. The molecule has 2 aromatic carbocycles. The number of esters is 1. The van der Waals surface area contributed by atoms with Crippen molar-refractivity contribution in [3.63, 3.8) is 0 Å². The molecule has 4 aromatic rings. The Bertz CT molecular complexity index is 1100. The minimum atomic E-state index is -0.389. The van der Waals surface area contributed by atoms with Crippen LogP contribution in [-0.4, -0.2) is 15.9 Å². The van der Waals surface area contributed by atoms with E-state index in [2.05, 4.69) is 9.97 Å². The highest BCUT2D eigenvalue weighted by molar-refractivity contribution is 7.12. The largest absolute Gasteiger partial charge is 0.422 e. The van der Waals surface area contributed by atoms with E-state index in [4.69, 9.17) is 4.74 Å². The first-order chi connectivity index (χ1) is 12.2. The highest BCUT2D eigenvalue weighted by Crippen LogP contribution is 2.21. The van der Waals surface area contributed by atoms with Crippen LogP contribution in [0.2, 0.25) is 0 Å². The van der Waals surface area contributed by atoms with Gasteiger partial charge < -0.3 is 9.72 Å². The van der Waals surface area contributed by atoms with Crippen molar-refractivity contribution < 1.29 is 9.53 Å². The molecule has 0 fully saturated rings. The molecular formula is C19H12N2O3S. The summed E-state index contributed by atoms with van der Waals surface area (Å²) in [5, 5.41) is 2.37. The van der Waals surface area contributed by atoms with Crippen LogP contribution in [0.25, 0.3) is 22.3 Å². The minimum absolute atomic E-state index is 0.186. The van der Waals surface area contributed by atoms with Gasteiger partial charge in [-0.3, -0.25) is 4.79 Å². The number of H-pyrrole nitrogens is 1. The zero-order valence-corrected chi connectivity index (χ0v) is 13.7. The summed E-state index contributed by atoms with van der Waals surface area (Å²) in [7, 11) is 0. The third-order valence-corrected chi connectivity index (χ3v) is 4.52. The smallest absolute Gasteiger partial charge is 0.353 e. The van der Waals surface area contributed by atoms with E-state index < -0.39 is 0 Å². The number of hydrogen-bond acceptors (Lipinski definition) is 5. The lowest BCUT2D eigenvalue weighted by atomic mass is 10.2. The normalized spacial score (nSPS) is 10.7.